The molecule has 0 radical (unpaired) electrons. The molecule has 0 unspecified atom stereocenters. The molecule has 0 saturated carbocycles. The second kappa shape index (κ2) is 7.80. The highest BCUT2D eigenvalue weighted by Crippen LogP contribution is 2.60. The molecule has 0 atom stereocenters. The largest absolute Gasteiger partial charge is 0.0719 e. The first-order valence-corrected chi connectivity index (χ1v) is 13.0. The van der Waals surface area contributed by atoms with Crippen molar-refractivity contribution in [3.8, 4) is 11.1 Å². The fourth-order valence-electron chi connectivity index (χ4n) is 7.13. The number of aryl methyl sites for hydroxylation is 3. The van der Waals surface area contributed by atoms with Crippen LogP contribution in [0, 0.1) is 20.8 Å². The van der Waals surface area contributed by atoms with Crippen LogP contribution in [0.4, 0.5) is 0 Å². The Hall–Kier alpha value is -3.90. The lowest BCUT2D eigenvalue weighted by atomic mass is 9.61. The van der Waals surface area contributed by atoms with E-state index in [1.807, 2.05) is 0 Å². The second-order valence-corrected chi connectivity index (χ2v) is 10.8. The molecule has 5 aromatic carbocycles. The summed E-state index contributed by atoms with van der Waals surface area (Å²) in [6, 6.07) is 39.4. The van der Waals surface area contributed by atoms with E-state index in [0.717, 1.165) is 12.8 Å². The van der Waals surface area contributed by atoms with Crippen LogP contribution in [0.1, 0.15) is 61.2 Å². The van der Waals surface area contributed by atoms with Crippen molar-refractivity contribution in [3.63, 3.8) is 0 Å². The zero-order valence-corrected chi connectivity index (χ0v) is 21.2. The molecule has 7 rings (SSSR count). The number of rotatable bonds is 2. The molecule has 0 saturated heterocycles. The predicted molar refractivity (Wildman–Crippen MR) is 150 cm³/mol. The maximum atomic E-state index is 2.52. The van der Waals surface area contributed by atoms with Crippen molar-refractivity contribution in [1.29, 1.82) is 0 Å². The summed E-state index contributed by atoms with van der Waals surface area (Å²) in [5, 5.41) is 0. The lowest BCUT2D eigenvalue weighted by Gasteiger charge is -2.40. The molecule has 0 bridgehead atoms. The summed E-state index contributed by atoms with van der Waals surface area (Å²) in [6.45, 7) is 6.67. The highest BCUT2D eigenvalue weighted by Gasteiger charge is 2.50. The lowest BCUT2D eigenvalue weighted by molar-refractivity contribution is 0.720. The van der Waals surface area contributed by atoms with Gasteiger partial charge in [0.2, 0.25) is 0 Å². The van der Waals surface area contributed by atoms with Crippen molar-refractivity contribution >= 4 is 0 Å². The summed E-state index contributed by atoms with van der Waals surface area (Å²) >= 11 is 0. The smallest absolute Gasteiger partial charge is 0.0620 e. The van der Waals surface area contributed by atoms with Crippen LogP contribution in [0.25, 0.3) is 11.1 Å². The molecular formula is C36H30. The minimum Gasteiger partial charge on any atom is -0.0620 e. The second-order valence-electron chi connectivity index (χ2n) is 10.8. The molecule has 0 nitrogen and oxygen atoms in total. The van der Waals surface area contributed by atoms with Crippen LogP contribution in [0.15, 0.2) is 103 Å². The van der Waals surface area contributed by atoms with Crippen LogP contribution in [0.2, 0.25) is 0 Å². The maximum Gasteiger partial charge on any atom is 0.0719 e. The molecule has 0 heterocycles. The number of fused-ring (bicyclic) bond motifs is 9. The van der Waals surface area contributed by atoms with Gasteiger partial charge < -0.3 is 0 Å². The number of hydrogen-bond donors (Lipinski definition) is 0. The van der Waals surface area contributed by atoms with Gasteiger partial charge in [-0.05, 0) is 94.8 Å². The molecule has 5 aromatic rings. The van der Waals surface area contributed by atoms with Crippen LogP contribution < -0.4 is 0 Å². The van der Waals surface area contributed by atoms with Crippen molar-refractivity contribution in [2.75, 3.05) is 0 Å². The quantitative estimate of drug-likeness (QED) is 0.242. The van der Waals surface area contributed by atoms with E-state index in [0.29, 0.717) is 0 Å². The molecule has 0 fully saturated rings. The van der Waals surface area contributed by atoms with Crippen LogP contribution in [0.5, 0.6) is 0 Å². The molecular weight excluding hydrogens is 432 g/mol. The Labute approximate surface area is 214 Å². The van der Waals surface area contributed by atoms with E-state index < -0.39 is 0 Å². The lowest BCUT2D eigenvalue weighted by Crippen LogP contribution is -2.34. The summed E-state index contributed by atoms with van der Waals surface area (Å²) in [6.07, 6.45) is 1.94. The Balaban J connectivity index is 1.54. The van der Waals surface area contributed by atoms with Gasteiger partial charge >= 0.3 is 0 Å². The Kier molecular flexibility index (Phi) is 4.63. The van der Waals surface area contributed by atoms with Gasteiger partial charge in [0.1, 0.15) is 0 Å². The van der Waals surface area contributed by atoms with E-state index in [1.54, 1.807) is 0 Å². The summed E-state index contributed by atoms with van der Waals surface area (Å²) in [5.74, 6) is 0. The Morgan fingerprint density at radius 1 is 0.556 bits per heavy atom. The minimum absolute atomic E-state index is 0.277. The third-order valence-electron chi connectivity index (χ3n) is 8.35. The average molecular weight is 463 g/mol. The van der Waals surface area contributed by atoms with Crippen molar-refractivity contribution in [3.05, 3.63) is 164 Å². The molecule has 1 spiro atoms. The summed E-state index contributed by atoms with van der Waals surface area (Å²) in [4.78, 5) is 0. The standard InChI is InChI=1S/C36H30/c1-23-17-24(2)19-27(18-23)20-26-15-16-30-34(21-26)36(33-14-8-9-25(3)35(30)33)31-12-6-4-10-28(31)22-29-11-5-7-13-32(29)36/h4-19,21H,20,22H2,1-3H3. The maximum absolute atomic E-state index is 2.52. The van der Waals surface area contributed by atoms with Crippen LogP contribution >= 0.6 is 0 Å². The topological polar surface area (TPSA) is 0 Å². The van der Waals surface area contributed by atoms with Crippen LogP contribution in [0.3, 0.4) is 0 Å². The van der Waals surface area contributed by atoms with Gasteiger partial charge in [0, 0.05) is 0 Å². The van der Waals surface area contributed by atoms with Gasteiger partial charge in [0.25, 0.3) is 0 Å². The van der Waals surface area contributed by atoms with E-state index in [-0.39, 0.29) is 5.41 Å². The number of hydrogen-bond acceptors (Lipinski definition) is 0. The highest BCUT2D eigenvalue weighted by molar-refractivity contribution is 5.89. The first-order valence-electron chi connectivity index (χ1n) is 13.0. The molecule has 36 heavy (non-hydrogen) atoms. The van der Waals surface area contributed by atoms with Gasteiger partial charge in [0.15, 0.2) is 0 Å². The predicted octanol–water partition coefficient (Wildman–Crippen LogP) is 8.47. The van der Waals surface area contributed by atoms with Crippen molar-refractivity contribution in [2.45, 2.75) is 39.0 Å². The molecule has 2 aliphatic rings. The van der Waals surface area contributed by atoms with Gasteiger partial charge in [-0.1, -0.05) is 114 Å². The zero-order chi connectivity index (χ0) is 24.4. The third-order valence-corrected chi connectivity index (χ3v) is 8.35. The fraction of sp³-hybridized carbons (Fsp3) is 0.167. The Morgan fingerprint density at radius 3 is 1.89 bits per heavy atom. The van der Waals surface area contributed by atoms with Gasteiger partial charge in [-0.25, -0.2) is 0 Å². The third kappa shape index (κ3) is 2.94. The van der Waals surface area contributed by atoms with Crippen molar-refractivity contribution < 1.29 is 0 Å². The van der Waals surface area contributed by atoms with E-state index >= 15 is 0 Å². The summed E-state index contributed by atoms with van der Waals surface area (Å²) in [7, 11) is 0. The Bertz CT molecular complexity index is 1600. The van der Waals surface area contributed by atoms with Gasteiger partial charge in [-0.15, -0.1) is 0 Å². The molecule has 174 valence electrons. The van der Waals surface area contributed by atoms with Crippen molar-refractivity contribution in [2.24, 2.45) is 0 Å². The highest BCUT2D eigenvalue weighted by atomic mass is 14.5. The SMILES string of the molecule is Cc1cc(C)cc(Cc2ccc3c(c2)C2(c4ccccc4Cc4ccccc42)c2cccc(C)c2-3)c1. The molecule has 0 amide bonds. The molecule has 0 N–H and O–H groups in total. The molecule has 2 aliphatic carbocycles. The monoisotopic (exact) mass is 462 g/mol. The van der Waals surface area contributed by atoms with E-state index in [2.05, 4.69) is 124 Å². The van der Waals surface area contributed by atoms with Gasteiger partial charge in [-0.3, -0.25) is 0 Å². The summed E-state index contributed by atoms with van der Waals surface area (Å²) < 4.78 is 0. The normalized spacial score (nSPS) is 14.2. The average Bonchev–Trinajstić information content (AvgIpc) is 3.15. The minimum atomic E-state index is -0.277. The number of benzene rings is 5. The first-order chi connectivity index (χ1) is 17.6. The van der Waals surface area contributed by atoms with Crippen LogP contribution in [-0.2, 0) is 18.3 Å². The fourth-order valence-corrected chi connectivity index (χ4v) is 7.13. The molecule has 0 aromatic heterocycles. The van der Waals surface area contributed by atoms with Crippen molar-refractivity contribution in [1.82, 2.24) is 0 Å². The van der Waals surface area contributed by atoms with Crippen LogP contribution in [-0.4, -0.2) is 0 Å². The Morgan fingerprint density at radius 2 is 1.19 bits per heavy atom. The first kappa shape index (κ1) is 21.4. The van der Waals surface area contributed by atoms with Gasteiger partial charge in [0.05, 0.1) is 5.41 Å². The van der Waals surface area contributed by atoms with E-state index in [1.165, 1.54) is 72.3 Å². The molecule has 0 heteroatoms. The summed E-state index contributed by atoms with van der Waals surface area (Å²) in [5.41, 5.74) is 17.9. The van der Waals surface area contributed by atoms with E-state index in [9.17, 15) is 0 Å². The zero-order valence-electron chi connectivity index (χ0n) is 21.2. The van der Waals surface area contributed by atoms with E-state index in [4.69, 9.17) is 0 Å². The van der Waals surface area contributed by atoms with Gasteiger partial charge in [-0.2, -0.15) is 0 Å². The molecule has 0 aliphatic heterocycles.